The van der Waals surface area contributed by atoms with Crippen molar-refractivity contribution in [3.05, 3.63) is 41.2 Å². The number of fused-ring (bicyclic) bond motifs is 1. The number of aromatic nitrogens is 3. The van der Waals surface area contributed by atoms with E-state index in [9.17, 15) is 4.79 Å². The van der Waals surface area contributed by atoms with Crippen molar-refractivity contribution in [1.29, 1.82) is 0 Å². The molecule has 2 aliphatic heterocycles. The van der Waals surface area contributed by atoms with Crippen LogP contribution in [0.3, 0.4) is 0 Å². The maximum absolute atomic E-state index is 12.7. The van der Waals surface area contributed by atoms with Crippen LogP contribution in [0.2, 0.25) is 0 Å². The Bertz CT molecular complexity index is 754. The smallest absolute Gasteiger partial charge is 0.255 e. The average Bonchev–Trinajstić information content (AvgIpc) is 3.15. The minimum Gasteiger partial charge on any atom is -0.382 e. The molecule has 0 aliphatic carbocycles. The van der Waals surface area contributed by atoms with E-state index in [0.29, 0.717) is 30.9 Å². The number of anilines is 2. The quantitative estimate of drug-likeness (QED) is 0.894. The van der Waals surface area contributed by atoms with Crippen molar-refractivity contribution in [1.82, 2.24) is 20.1 Å². The molecule has 0 unspecified atom stereocenters. The Morgan fingerprint density at radius 1 is 1.12 bits per heavy atom. The highest BCUT2D eigenvalue weighted by Crippen LogP contribution is 2.21. The van der Waals surface area contributed by atoms with E-state index in [1.165, 1.54) is 12.8 Å². The van der Waals surface area contributed by atoms with E-state index >= 15 is 0 Å². The van der Waals surface area contributed by atoms with Crippen LogP contribution in [0.25, 0.3) is 0 Å². The maximum Gasteiger partial charge on any atom is 0.255 e. The molecule has 1 fully saturated rings. The van der Waals surface area contributed by atoms with Gasteiger partial charge in [0.15, 0.2) is 0 Å². The molecule has 1 amide bonds. The van der Waals surface area contributed by atoms with E-state index in [0.717, 1.165) is 30.2 Å². The van der Waals surface area contributed by atoms with E-state index in [-0.39, 0.29) is 5.91 Å². The SMILES string of the molecule is Nc1cc2c(nn1)CCN(C(=O)c1ccc(N3CCCC3)nc1)C2. The largest absolute Gasteiger partial charge is 0.382 e. The molecule has 4 rings (SSSR count). The van der Waals surface area contributed by atoms with Crippen LogP contribution < -0.4 is 10.6 Å². The third kappa shape index (κ3) is 2.77. The summed E-state index contributed by atoms with van der Waals surface area (Å²) in [4.78, 5) is 21.3. The van der Waals surface area contributed by atoms with Crippen molar-refractivity contribution in [2.45, 2.75) is 25.8 Å². The molecule has 2 aromatic rings. The second kappa shape index (κ2) is 6.07. The number of carbonyl (C=O) groups is 1. The fraction of sp³-hybridized carbons (Fsp3) is 0.412. The van der Waals surface area contributed by atoms with Crippen LogP contribution in [-0.2, 0) is 13.0 Å². The normalized spacial score (nSPS) is 17.0. The van der Waals surface area contributed by atoms with Crippen molar-refractivity contribution in [2.24, 2.45) is 0 Å². The van der Waals surface area contributed by atoms with Crippen LogP contribution in [0.1, 0.15) is 34.5 Å². The molecule has 1 saturated heterocycles. The molecule has 0 aromatic carbocycles. The summed E-state index contributed by atoms with van der Waals surface area (Å²) in [5.74, 6) is 1.34. The van der Waals surface area contributed by atoms with Gasteiger partial charge in [0.05, 0.1) is 11.3 Å². The summed E-state index contributed by atoms with van der Waals surface area (Å²) >= 11 is 0. The van der Waals surface area contributed by atoms with E-state index in [1.54, 1.807) is 12.3 Å². The number of nitrogen functional groups attached to an aromatic ring is 1. The first-order chi connectivity index (χ1) is 11.7. The second-order valence-electron chi connectivity index (χ2n) is 6.32. The number of nitrogens with two attached hydrogens (primary N) is 1. The fourth-order valence-corrected chi connectivity index (χ4v) is 3.35. The average molecular weight is 324 g/mol. The number of pyridine rings is 1. The molecule has 2 aromatic heterocycles. The minimum atomic E-state index is -0.00324. The van der Waals surface area contributed by atoms with Crippen molar-refractivity contribution >= 4 is 17.5 Å². The van der Waals surface area contributed by atoms with Crippen LogP contribution in [0.4, 0.5) is 11.6 Å². The lowest BCUT2D eigenvalue weighted by atomic mass is 10.1. The number of amides is 1. The van der Waals surface area contributed by atoms with Crippen molar-refractivity contribution in [3.63, 3.8) is 0 Å². The topological polar surface area (TPSA) is 88.2 Å². The lowest BCUT2D eigenvalue weighted by Crippen LogP contribution is -2.36. The monoisotopic (exact) mass is 324 g/mol. The summed E-state index contributed by atoms with van der Waals surface area (Å²) in [7, 11) is 0. The second-order valence-corrected chi connectivity index (χ2v) is 6.32. The molecule has 2 N–H and O–H groups in total. The summed E-state index contributed by atoms with van der Waals surface area (Å²) in [5.41, 5.74) is 8.22. The predicted molar refractivity (Wildman–Crippen MR) is 90.6 cm³/mol. The van der Waals surface area contributed by atoms with E-state index in [4.69, 9.17) is 5.73 Å². The standard InChI is InChI=1S/C17H20N6O/c18-15-9-13-11-23(8-5-14(13)20-21-15)17(24)12-3-4-16(19-10-12)22-6-1-2-7-22/h3-4,9-10H,1-2,5-8,11H2,(H2,18,21). The van der Waals surface area contributed by atoms with E-state index < -0.39 is 0 Å². The Morgan fingerprint density at radius 2 is 1.96 bits per heavy atom. The fourth-order valence-electron chi connectivity index (χ4n) is 3.35. The van der Waals surface area contributed by atoms with Gasteiger partial charge in [0.2, 0.25) is 0 Å². The number of carbonyl (C=O) groups excluding carboxylic acids is 1. The molecule has 0 atom stereocenters. The molecule has 0 saturated carbocycles. The molecular formula is C17H20N6O. The lowest BCUT2D eigenvalue weighted by Gasteiger charge is -2.28. The molecule has 0 spiro atoms. The first kappa shape index (κ1) is 14.9. The van der Waals surface area contributed by atoms with Gasteiger partial charge in [-0.3, -0.25) is 4.79 Å². The van der Waals surface area contributed by atoms with Gasteiger partial charge in [-0.1, -0.05) is 0 Å². The number of hydrogen-bond donors (Lipinski definition) is 1. The number of nitrogens with zero attached hydrogens (tertiary/aromatic N) is 5. The number of hydrogen-bond acceptors (Lipinski definition) is 6. The summed E-state index contributed by atoms with van der Waals surface area (Å²) in [5, 5.41) is 7.99. The number of rotatable bonds is 2. The van der Waals surface area contributed by atoms with Crippen LogP contribution in [0.15, 0.2) is 24.4 Å². The van der Waals surface area contributed by atoms with Crippen LogP contribution in [0.5, 0.6) is 0 Å². The Balaban J connectivity index is 1.49. The van der Waals surface area contributed by atoms with Gasteiger partial charge in [0, 0.05) is 38.8 Å². The van der Waals surface area contributed by atoms with Crippen LogP contribution in [-0.4, -0.2) is 45.6 Å². The predicted octanol–water partition coefficient (Wildman–Crippen LogP) is 1.25. The maximum atomic E-state index is 12.7. The Labute approximate surface area is 140 Å². The minimum absolute atomic E-state index is 0.00324. The molecule has 2 aliphatic rings. The van der Waals surface area contributed by atoms with E-state index in [2.05, 4.69) is 20.1 Å². The summed E-state index contributed by atoms with van der Waals surface area (Å²) in [6, 6.07) is 5.62. The van der Waals surface area contributed by atoms with Gasteiger partial charge in [-0.2, -0.15) is 5.10 Å². The van der Waals surface area contributed by atoms with Crippen molar-refractivity contribution in [2.75, 3.05) is 30.3 Å². The zero-order valence-electron chi connectivity index (χ0n) is 13.5. The van der Waals surface area contributed by atoms with E-state index in [1.807, 2.05) is 17.0 Å². The highest BCUT2D eigenvalue weighted by atomic mass is 16.2. The molecule has 0 bridgehead atoms. The molecule has 7 nitrogen and oxygen atoms in total. The summed E-state index contributed by atoms with van der Waals surface area (Å²) in [6.45, 7) is 3.25. The molecule has 0 radical (unpaired) electrons. The molecule has 4 heterocycles. The van der Waals surface area contributed by atoms with Gasteiger partial charge in [0.25, 0.3) is 5.91 Å². The molecule has 7 heteroatoms. The third-order valence-corrected chi connectivity index (χ3v) is 4.67. The first-order valence-electron chi connectivity index (χ1n) is 8.32. The zero-order chi connectivity index (χ0) is 16.5. The van der Waals surface area contributed by atoms with Gasteiger partial charge in [-0.15, -0.1) is 5.10 Å². The first-order valence-corrected chi connectivity index (χ1v) is 8.32. The molecular weight excluding hydrogens is 304 g/mol. The Morgan fingerprint density at radius 3 is 2.71 bits per heavy atom. The molecule has 24 heavy (non-hydrogen) atoms. The van der Waals surface area contributed by atoms with Gasteiger partial charge < -0.3 is 15.5 Å². The van der Waals surface area contributed by atoms with Gasteiger partial charge in [0.1, 0.15) is 11.6 Å². The summed E-state index contributed by atoms with van der Waals surface area (Å²) < 4.78 is 0. The Hall–Kier alpha value is -2.70. The van der Waals surface area contributed by atoms with Gasteiger partial charge >= 0.3 is 0 Å². The highest BCUT2D eigenvalue weighted by molar-refractivity contribution is 5.94. The molecule has 124 valence electrons. The zero-order valence-corrected chi connectivity index (χ0v) is 13.5. The van der Waals surface area contributed by atoms with Crippen LogP contribution in [0, 0.1) is 0 Å². The van der Waals surface area contributed by atoms with Gasteiger partial charge in [-0.25, -0.2) is 4.98 Å². The highest BCUT2D eigenvalue weighted by Gasteiger charge is 2.23. The van der Waals surface area contributed by atoms with Gasteiger partial charge in [-0.05, 0) is 36.6 Å². The van der Waals surface area contributed by atoms with Crippen LogP contribution >= 0.6 is 0 Å². The third-order valence-electron chi connectivity index (χ3n) is 4.67. The lowest BCUT2D eigenvalue weighted by molar-refractivity contribution is 0.0733. The van der Waals surface area contributed by atoms with Crippen molar-refractivity contribution in [3.8, 4) is 0 Å². The van der Waals surface area contributed by atoms with Crippen molar-refractivity contribution < 1.29 is 4.79 Å². The Kier molecular flexibility index (Phi) is 3.76. The summed E-state index contributed by atoms with van der Waals surface area (Å²) in [6.07, 6.45) is 4.81.